The first-order valence-electron chi connectivity index (χ1n) is 14.6. The summed E-state index contributed by atoms with van der Waals surface area (Å²) >= 11 is 0. The Morgan fingerprint density at radius 2 is 1.36 bits per heavy atom. The second-order valence-electron chi connectivity index (χ2n) is 11.0. The molecule has 4 atom stereocenters. The van der Waals surface area contributed by atoms with E-state index in [0.717, 1.165) is 7.11 Å². The summed E-state index contributed by atoms with van der Waals surface area (Å²) in [5.41, 5.74) is 0.710. The Morgan fingerprint density at radius 1 is 0.766 bits per heavy atom. The van der Waals surface area contributed by atoms with Crippen LogP contribution in [0.5, 0.6) is 0 Å². The normalized spacial score (nSPS) is 13.3. The Balaban J connectivity index is 2.96. The molecule has 6 N–H and O–H groups in total. The van der Waals surface area contributed by atoms with Gasteiger partial charge in [-0.3, -0.25) is 33.6 Å². The molecule has 17 heteroatoms. The lowest BCUT2D eigenvalue weighted by molar-refractivity contribution is -0.144. The molecule has 1 aromatic carbocycles. The third kappa shape index (κ3) is 14.7. The van der Waals surface area contributed by atoms with Crippen LogP contribution >= 0.6 is 0 Å². The number of nitrogens with one attached hydrogen (secondary N) is 5. The number of alkyl carbamates (subject to hydrolysis) is 1. The molecule has 0 saturated carbocycles. The van der Waals surface area contributed by atoms with Crippen LogP contribution in [0.3, 0.4) is 0 Å². The standard InChI is InChI=1S/C30H42FN5O11/c1-16(2)25(28(43)32-14-22(38)33-19(11-23(39)40)21(37)13-31)35-27(42)20(12-24(41)46-5)34-29(44)26(17(3)4)36-30(45)47-15-18-9-7-6-8-10-18/h6-10,16-17,19-20,25-26H,11-15H2,1-5H3,(H,32,43)(H,33,38)(H,34,44)(H,35,42)(H,36,45)(H,39,40)/t19-,20-,25?,26?/m0/s1. The number of aliphatic carboxylic acids is 1. The molecule has 0 aliphatic rings. The van der Waals surface area contributed by atoms with Gasteiger partial charge in [0.2, 0.25) is 23.6 Å². The molecule has 0 aromatic heterocycles. The van der Waals surface area contributed by atoms with Crippen molar-refractivity contribution in [3.63, 3.8) is 0 Å². The third-order valence-corrected chi connectivity index (χ3v) is 6.57. The van der Waals surface area contributed by atoms with Gasteiger partial charge in [0.1, 0.15) is 37.4 Å². The molecule has 0 heterocycles. The number of ketones is 1. The summed E-state index contributed by atoms with van der Waals surface area (Å²) in [4.78, 5) is 98.8. The highest BCUT2D eigenvalue weighted by atomic mass is 19.1. The van der Waals surface area contributed by atoms with E-state index in [1.54, 1.807) is 58.0 Å². The quantitative estimate of drug-likeness (QED) is 0.105. The molecule has 0 fully saturated rings. The van der Waals surface area contributed by atoms with Gasteiger partial charge in [0.25, 0.3) is 0 Å². The van der Waals surface area contributed by atoms with Gasteiger partial charge in [0.05, 0.1) is 26.5 Å². The number of esters is 1. The number of methoxy groups -OCH3 is 1. The molecule has 2 unspecified atom stereocenters. The van der Waals surface area contributed by atoms with Crippen molar-refractivity contribution in [2.75, 3.05) is 20.3 Å². The van der Waals surface area contributed by atoms with E-state index in [4.69, 9.17) is 9.84 Å². The van der Waals surface area contributed by atoms with Crippen molar-refractivity contribution < 1.29 is 57.3 Å². The molecule has 0 spiro atoms. The molecular weight excluding hydrogens is 625 g/mol. The van der Waals surface area contributed by atoms with Gasteiger partial charge < -0.3 is 41.2 Å². The zero-order chi connectivity index (χ0) is 35.7. The van der Waals surface area contributed by atoms with Crippen LogP contribution in [0.15, 0.2) is 30.3 Å². The van der Waals surface area contributed by atoms with Gasteiger partial charge in [-0.25, -0.2) is 9.18 Å². The molecule has 260 valence electrons. The second-order valence-corrected chi connectivity index (χ2v) is 11.0. The molecule has 5 amide bonds. The molecule has 16 nitrogen and oxygen atoms in total. The number of halogens is 1. The molecule has 0 saturated heterocycles. The van der Waals surface area contributed by atoms with Crippen molar-refractivity contribution in [3.8, 4) is 0 Å². The minimum atomic E-state index is -1.65. The number of hydrogen-bond acceptors (Lipinski definition) is 10. The smallest absolute Gasteiger partial charge is 0.408 e. The Hall–Kier alpha value is -5.09. The van der Waals surface area contributed by atoms with E-state index in [1.165, 1.54) is 0 Å². The maximum absolute atomic E-state index is 13.3. The molecule has 0 aliphatic carbocycles. The van der Waals surface area contributed by atoms with Crippen LogP contribution in [0.25, 0.3) is 0 Å². The van der Waals surface area contributed by atoms with Crippen molar-refractivity contribution in [2.24, 2.45) is 11.8 Å². The van der Waals surface area contributed by atoms with E-state index >= 15 is 0 Å². The lowest BCUT2D eigenvalue weighted by Crippen LogP contribution is -2.59. The van der Waals surface area contributed by atoms with Crippen LogP contribution < -0.4 is 26.6 Å². The Morgan fingerprint density at radius 3 is 1.89 bits per heavy atom. The first kappa shape index (κ1) is 39.9. The molecule has 1 aromatic rings. The van der Waals surface area contributed by atoms with Crippen LogP contribution in [0, 0.1) is 11.8 Å². The van der Waals surface area contributed by atoms with Gasteiger partial charge in [-0.2, -0.15) is 0 Å². The van der Waals surface area contributed by atoms with E-state index in [0.29, 0.717) is 5.56 Å². The van der Waals surface area contributed by atoms with Crippen molar-refractivity contribution in [2.45, 2.75) is 71.3 Å². The minimum absolute atomic E-state index is 0.0640. The van der Waals surface area contributed by atoms with E-state index in [9.17, 15) is 42.7 Å². The average molecular weight is 668 g/mol. The van der Waals surface area contributed by atoms with Crippen LogP contribution in [-0.2, 0) is 49.6 Å². The number of carboxylic acid groups (broad SMARTS) is 1. The number of carbonyl (C=O) groups is 8. The van der Waals surface area contributed by atoms with Gasteiger partial charge in [-0.1, -0.05) is 58.0 Å². The summed E-state index contributed by atoms with van der Waals surface area (Å²) in [6, 6.07) is 3.09. The summed E-state index contributed by atoms with van der Waals surface area (Å²) in [6.45, 7) is 4.04. The predicted molar refractivity (Wildman–Crippen MR) is 162 cm³/mol. The first-order chi connectivity index (χ1) is 22.1. The molecule has 0 aliphatic heterocycles. The van der Waals surface area contributed by atoms with Gasteiger partial charge >= 0.3 is 18.0 Å². The highest BCUT2D eigenvalue weighted by Crippen LogP contribution is 2.08. The van der Waals surface area contributed by atoms with E-state index in [1.807, 2.05) is 5.32 Å². The number of rotatable bonds is 19. The van der Waals surface area contributed by atoms with Gasteiger partial charge in [0.15, 0.2) is 5.78 Å². The molecule has 0 radical (unpaired) electrons. The average Bonchev–Trinajstić information content (AvgIpc) is 3.02. The van der Waals surface area contributed by atoms with Gasteiger partial charge in [0, 0.05) is 0 Å². The lowest BCUT2D eigenvalue weighted by atomic mass is 10.0. The van der Waals surface area contributed by atoms with Crippen molar-refractivity contribution in [1.82, 2.24) is 26.6 Å². The molecule has 1 rings (SSSR count). The highest BCUT2D eigenvalue weighted by Gasteiger charge is 2.34. The molecular formula is C30H42FN5O11. The van der Waals surface area contributed by atoms with Gasteiger partial charge in [-0.15, -0.1) is 0 Å². The topological polar surface area (TPSA) is 235 Å². The fraction of sp³-hybridized carbons (Fsp3) is 0.533. The fourth-order valence-electron chi connectivity index (χ4n) is 3.97. The summed E-state index contributed by atoms with van der Waals surface area (Å²) in [6.07, 6.45) is -2.41. The number of alkyl halides is 1. The number of Topliss-reactive ketones (excluding diaryl/α,β-unsaturated/α-hetero) is 1. The van der Waals surface area contributed by atoms with Crippen LogP contribution in [0.1, 0.15) is 46.1 Å². The maximum atomic E-state index is 13.3. The Bertz CT molecular complexity index is 1280. The van der Waals surface area contributed by atoms with Gasteiger partial charge in [-0.05, 0) is 17.4 Å². The second kappa shape index (κ2) is 20.1. The number of carboxylic acids is 1. The summed E-state index contributed by atoms with van der Waals surface area (Å²) < 4.78 is 22.6. The number of hydrogen-bond donors (Lipinski definition) is 6. The zero-order valence-corrected chi connectivity index (χ0v) is 26.8. The first-order valence-corrected chi connectivity index (χ1v) is 14.6. The molecule has 47 heavy (non-hydrogen) atoms. The number of amides is 5. The summed E-state index contributed by atoms with van der Waals surface area (Å²) in [5.74, 6) is -8.25. The largest absolute Gasteiger partial charge is 0.481 e. The Labute approximate surface area is 270 Å². The number of carbonyl (C=O) groups excluding carboxylic acids is 7. The van der Waals surface area contributed by atoms with E-state index in [2.05, 4.69) is 26.0 Å². The van der Waals surface area contributed by atoms with Crippen molar-refractivity contribution in [1.29, 1.82) is 0 Å². The summed E-state index contributed by atoms with van der Waals surface area (Å²) in [5, 5.41) is 20.4. The monoisotopic (exact) mass is 667 g/mol. The van der Waals surface area contributed by atoms with Crippen molar-refractivity contribution in [3.05, 3.63) is 35.9 Å². The highest BCUT2D eigenvalue weighted by molar-refractivity contribution is 5.97. The number of ether oxygens (including phenoxy) is 2. The third-order valence-electron chi connectivity index (χ3n) is 6.57. The summed E-state index contributed by atoms with van der Waals surface area (Å²) in [7, 11) is 1.07. The SMILES string of the molecule is COC(=O)C[C@H](NC(=O)C(NC(=O)OCc1ccccc1)C(C)C)C(=O)NC(C(=O)NCC(=O)N[C@@H](CC(=O)O)C(=O)CF)C(C)C. The van der Waals surface area contributed by atoms with E-state index < -0.39 is 110 Å². The number of benzene rings is 1. The van der Waals surface area contributed by atoms with Crippen LogP contribution in [0.2, 0.25) is 0 Å². The Kier molecular flexibility index (Phi) is 17.1. The van der Waals surface area contributed by atoms with Crippen LogP contribution in [0.4, 0.5) is 9.18 Å². The van der Waals surface area contributed by atoms with E-state index in [-0.39, 0.29) is 6.61 Å². The zero-order valence-electron chi connectivity index (χ0n) is 26.8. The maximum Gasteiger partial charge on any atom is 0.408 e. The predicted octanol–water partition coefficient (Wildman–Crippen LogP) is -0.260. The van der Waals surface area contributed by atoms with Crippen molar-refractivity contribution >= 4 is 47.4 Å². The minimum Gasteiger partial charge on any atom is -0.481 e. The lowest BCUT2D eigenvalue weighted by Gasteiger charge is -2.27. The molecule has 0 bridgehead atoms. The van der Waals surface area contributed by atoms with Crippen LogP contribution in [-0.4, -0.2) is 97.0 Å². The fourth-order valence-corrected chi connectivity index (χ4v) is 3.97.